The van der Waals surface area contributed by atoms with Gasteiger partial charge < -0.3 is 36.1 Å². The summed E-state index contributed by atoms with van der Waals surface area (Å²) in [6, 6.07) is 65.5. The predicted octanol–water partition coefficient (Wildman–Crippen LogP) is 21.6. The second kappa shape index (κ2) is 40.8. The summed E-state index contributed by atoms with van der Waals surface area (Å²) in [5.74, 6) is -2.14. The van der Waals surface area contributed by atoms with Crippen LogP contribution < -0.4 is 26.6 Å². The van der Waals surface area contributed by atoms with Gasteiger partial charge in [0.2, 0.25) is 0 Å². The fourth-order valence-electron chi connectivity index (χ4n) is 15.7. The van der Waals surface area contributed by atoms with E-state index in [2.05, 4.69) is 97.2 Å². The molecule has 0 aliphatic rings. The van der Waals surface area contributed by atoms with Gasteiger partial charge in [0.15, 0.2) is 5.76 Å². The highest BCUT2D eigenvalue weighted by Gasteiger charge is 2.26. The number of halogens is 6. The number of H-pyrrole nitrogens is 1. The standard InChI is InChI=1S/C23H17FN6O.C23H16FN5O2.C21H14FN5O.C20H14ClFN4O.C19H14FN5O/c1-29-22(18(12-26-29)15-5-3-2-4-6-15)28-23(31)20-11-25-14-21-19(20)13-27-30(21)17-9-7-16(24)8-10-17;1-14-21(22(28-31-14)15-5-3-2-4-6-15)27-23(30)19-11-25-13-20-18(19)12-26-29(20)17-9-7-16(24)8-10-17;22-14-1-4-16(5-2-14)27-20-12-23-10-18(17(20)11-25-27)21(28)26-15-3-6-19-13(9-15)7-8-24-19;1-12-3-2-4-17(21)19(12)25-20(27)16-9-23-11-18-15(16)10-24-26(18)14-7-5-13(22)6-8-14;1-12-17(3-2-8-22-12)24-19(26)16-9-21-11-18-15(16)10-23-25(18)14-6-4-13(20)5-7-14/h2-14H,1H3,(H,28,31);2-13H,1H3,(H,27,30);1-12,24H,(H,26,28);2-11H,1H3,(H,25,27);2-11H,1H3,(H,24,26). The van der Waals surface area contributed by atoms with Crippen LogP contribution in [0, 0.1) is 49.9 Å². The van der Waals surface area contributed by atoms with E-state index in [1.54, 1.807) is 195 Å². The van der Waals surface area contributed by atoms with Crippen molar-refractivity contribution in [3.63, 3.8) is 0 Å². The zero-order chi connectivity index (χ0) is 98.9. The molecule has 0 radical (unpaired) electrons. The molecule has 14 heterocycles. The van der Waals surface area contributed by atoms with Crippen LogP contribution >= 0.6 is 11.6 Å². The summed E-state index contributed by atoms with van der Waals surface area (Å²) >= 11 is 6.20. The van der Waals surface area contributed by atoms with Crippen molar-refractivity contribution >= 4 is 135 Å². The van der Waals surface area contributed by atoms with Crippen LogP contribution in [0.5, 0.6) is 0 Å². The zero-order valence-electron chi connectivity index (χ0n) is 75.6. The van der Waals surface area contributed by atoms with E-state index in [4.69, 9.17) is 16.1 Å². The van der Waals surface area contributed by atoms with Crippen LogP contribution in [-0.2, 0) is 7.05 Å². The Labute approximate surface area is 812 Å². The van der Waals surface area contributed by atoms with Gasteiger partial charge in [-0.1, -0.05) is 89.6 Å². The third kappa shape index (κ3) is 19.8. The lowest BCUT2D eigenvalue weighted by atomic mass is 10.1. The minimum Gasteiger partial charge on any atom is -0.361 e. The normalized spacial score (nSPS) is 11.0. The number of carbonyl (C=O) groups excluding carboxylic acids is 5. The third-order valence-electron chi connectivity index (χ3n) is 23.0. The van der Waals surface area contributed by atoms with Crippen molar-refractivity contribution < 1.29 is 50.4 Å². The smallest absolute Gasteiger partial charge is 0.259 e. The van der Waals surface area contributed by atoms with Crippen molar-refractivity contribution in [1.82, 2.24) is 98.7 Å². The fraction of sp³-hybridized carbons (Fsp3) is 0.0377. The summed E-state index contributed by atoms with van der Waals surface area (Å²) in [5, 5.41) is 49.3. The molecule has 0 saturated heterocycles. The molecule has 0 atom stereocenters. The van der Waals surface area contributed by atoms with E-state index < -0.39 is 0 Å². The van der Waals surface area contributed by atoms with E-state index in [1.165, 1.54) is 91.6 Å². The molecule has 31 nitrogen and oxygen atoms in total. The monoisotopic (exact) mass is 1920 g/mol. The first-order valence-corrected chi connectivity index (χ1v) is 44.3. The topological polar surface area (TPSA) is 372 Å². The number of rotatable bonds is 17. The summed E-state index contributed by atoms with van der Waals surface area (Å²) in [7, 11) is 1.77. The molecule has 23 rings (SSSR count). The molecule has 6 N–H and O–H groups in total. The lowest BCUT2D eigenvalue weighted by molar-refractivity contribution is 0.101. The van der Waals surface area contributed by atoms with Crippen LogP contribution in [0.3, 0.4) is 0 Å². The number of fused-ring (bicyclic) bond motifs is 6. The molecule has 0 spiro atoms. The Balaban J connectivity index is 0.000000113. The van der Waals surface area contributed by atoms with Crippen molar-refractivity contribution in [2.45, 2.75) is 20.8 Å². The number of amides is 5. The number of nitrogens with one attached hydrogen (secondary N) is 6. The number of pyridine rings is 6. The van der Waals surface area contributed by atoms with Gasteiger partial charge in [-0.05, 0) is 196 Å². The van der Waals surface area contributed by atoms with Crippen molar-refractivity contribution in [2.24, 2.45) is 7.05 Å². The molecule has 0 fully saturated rings. The minimum absolute atomic E-state index is 0.272. The highest BCUT2D eigenvalue weighted by Crippen LogP contribution is 2.36. The highest BCUT2D eigenvalue weighted by molar-refractivity contribution is 6.34. The SMILES string of the molecule is Cc1cccc(Cl)c1NC(=O)c1cncc2c1cnn2-c1ccc(F)cc1.Cc1ncccc1NC(=O)c1cncc2c1cnn2-c1ccc(F)cc1.Cc1onc(-c2ccccc2)c1NC(=O)c1cncc2c1cnn2-c1ccc(F)cc1.Cn1ncc(-c2ccccc2)c1NC(=O)c1cncc2c1cnn2-c1ccc(F)cc1.O=C(Nc1ccc2[nH]ccc2c1)c1cncc2c1cnn2-c1ccc(F)cc1. The van der Waals surface area contributed by atoms with Gasteiger partial charge in [-0.2, -0.15) is 30.6 Å². The number of hydrogen-bond donors (Lipinski definition) is 6. The van der Waals surface area contributed by atoms with E-state index >= 15 is 0 Å². The first-order chi connectivity index (χ1) is 69.6. The summed E-state index contributed by atoms with van der Waals surface area (Å²) < 4.78 is 81.1. The lowest BCUT2D eigenvalue weighted by Crippen LogP contribution is -2.16. The second-order valence-electron chi connectivity index (χ2n) is 32.1. The molecule has 0 aliphatic carbocycles. The van der Waals surface area contributed by atoms with E-state index in [-0.39, 0.29) is 58.6 Å². The average Bonchev–Trinajstić information content (AvgIpc) is 1.88. The molecule has 9 aromatic carbocycles. The third-order valence-corrected chi connectivity index (χ3v) is 23.3. The number of nitrogens with zero attached hydrogens (tertiary/aromatic N) is 19. The van der Waals surface area contributed by atoms with Gasteiger partial charge in [0, 0.05) is 105 Å². The number of aryl methyl sites for hydroxylation is 4. The Bertz CT molecular complexity index is 8460. The van der Waals surface area contributed by atoms with Gasteiger partial charge in [-0.25, -0.2) is 45.4 Å². The summed E-state index contributed by atoms with van der Waals surface area (Å²) in [4.78, 5) is 92.9. The van der Waals surface area contributed by atoms with E-state index in [0.29, 0.717) is 156 Å². The van der Waals surface area contributed by atoms with Gasteiger partial charge in [0.25, 0.3) is 29.5 Å². The van der Waals surface area contributed by atoms with Crippen LogP contribution in [0.2, 0.25) is 5.02 Å². The van der Waals surface area contributed by atoms with Gasteiger partial charge in [0.1, 0.15) is 46.3 Å². The van der Waals surface area contributed by atoms with Crippen LogP contribution in [-0.4, -0.2) is 128 Å². The molecule has 23 aromatic rings. The largest absolute Gasteiger partial charge is 0.361 e. The molecule has 0 saturated carbocycles. The molecule has 0 bridgehead atoms. The second-order valence-corrected chi connectivity index (χ2v) is 32.5. The van der Waals surface area contributed by atoms with Crippen LogP contribution in [0.15, 0.2) is 353 Å². The first kappa shape index (κ1) is 92.5. The van der Waals surface area contributed by atoms with Gasteiger partial charge in [-0.15, -0.1) is 0 Å². The maximum Gasteiger partial charge on any atom is 0.259 e. The molecular weight excluding hydrogens is 1850 g/mol. The number of hydrogen-bond acceptors (Lipinski definition) is 19. The molecule has 702 valence electrons. The highest BCUT2D eigenvalue weighted by atomic mass is 35.5. The minimum atomic E-state index is -0.361. The van der Waals surface area contributed by atoms with Crippen molar-refractivity contribution in [1.29, 1.82) is 0 Å². The Morgan fingerprint density at radius 2 is 0.734 bits per heavy atom. The summed E-state index contributed by atoms with van der Waals surface area (Å²) in [5.41, 5.74) is 16.7. The zero-order valence-corrected chi connectivity index (χ0v) is 76.4. The number of para-hydroxylation sites is 1. The molecule has 5 amide bonds. The van der Waals surface area contributed by atoms with Crippen molar-refractivity contribution in [3.8, 4) is 50.8 Å². The first-order valence-electron chi connectivity index (χ1n) is 43.9. The molecule has 14 aromatic heterocycles. The van der Waals surface area contributed by atoms with Crippen LogP contribution in [0.25, 0.3) is 116 Å². The molecule has 143 heavy (non-hydrogen) atoms. The van der Waals surface area contributed by atoms with E-state index in [0.717, 1.165) is 38.9 Å². The number of carbonyl (C=O) groups is 5. The maximum atomic E-state index is 13.3. The Hall–Kier alpha value is -19.5. The van der Waals surface area contributed by atoms with Gasteiger partial charge in [-0.3, -0.25) is 58.6 Å². The molecule has 0 unspecified atom stereocenters. The van der Waals surface area contributed by atoms with E-state index in [9.17, 15) is 45.9 Å². The van der Waals surface area contributed by atoms with Crippen molar-refractivity contribution in [3.05, 3.63) is 427 Å². The maximum absolute atomic E-state index is 13.3. The van der Waals surface area contributed by atoms with Crippen LogP contribution in [0.1, 0.15) is 68.8 Å². The van der Waals surface area contributed by atoms with Gasteiger partial charge >= 0.3 is 0 Å². The average molecular weight is 1930 g/mol. The van der Waals surface area contributed by atoms with Crippen molar-refractivity contribution in [2.75, 3.05) is 26.6 Å². The number of aromatic nitrogens is 20. The molecule has 0 aliphatic heterocycles. The number of aromatic amines is 1. The van der Waals surface area contributed by atoms with E-state index in [1.807, 2.05) is 117 Å². The predicted molar refractivity (Wildman–Crippen MR) is 533 cm³/mol. The number of anilines is 5. The Morgan fingerprint density at radius 1 is 0.357 bits per heavy atom. The summed E-state index contributed by atoms with van der Waals surface area (Å²) in [6.45, 7) is 5.42. The quantitative estimate of drug-likeness (QED) is 0.0461. The van der Waals surface area contributed by atoms with Gasteiger partial charge in [0.05, 0.1) is 174 Å². The van der Waals surface area contributed by atoms with Crippen LogP contribution in [0.4, 0.5) is 50.5 Å². The number of benzene rings is 9. The molecular formula is C106H75ClF5N25O6. The summed E-state index contributed by atoms with van der Waals surface area (Å²) in [6.07, 6.45) is 28.9. The fourth-order valence-corrected chi connectivity index (χ4v) is 16.0. The molecule has 37 heteroatoms. The lowest BCUT2D eigenvalue weighted by Gasteiger charge is -2.10. The Morgan fingerprint density at radius 3 is 1.13 bits per heavy atom. The Kier molecular flexibility index (Phi) is 26.4.